The minimum absolute atomic E-state index is 0.123. The molecular formula is C16H23NO. The van der Waals surface area contributed by atoms with E-state index < -0.39 is 5.60 Å². The highest BCUT2D eigenvalue weighted by Crippen LogP contribution is 2.44. The Balaban J connectivity index is 1.97. The van der Waals surface area contributed by atoms with E-state index in [1.165, 1.54) is 17.5 Å². The predicted octanol–water partition coefficient (Wildman–Crippen LogP) is 2.81. The summed E-state index contributed by atoms with van der Waals surface area (Å²) in [5.41, 5.74) is 2.17. The van der Waals surface area contributed by atoms with E-state index >= 15 is 0 Å². The van der Waals surface area contributed by atoms with Gasteiger partial charge in [0.1, 0.15) is 0 Å². The van der Waals surface area contributed by atoms with Gasteiger partial charge in [0.2, 0.25) is 0 Å². The highest BCUT2D eigenvalue weighted by molar-refractivity contribution is 5.34. The van der Waals surface area contributed by atoms with E-state index in [1.807, 2.05) is 0 Å². The molecule has 1 aliphatic heterocycles. The summed E-state index contributed by atoms with van der Waals surface area (Å²) in [6.45, 7) is 3.19. The Morgan fingerprint density at radius 3 is 2.94 bits per heavy atom. The molecule has 3 atom stereocenters. The molecule has 2 aliphatic rings. The third kappa shape index (κ3) is 1.88. The van der Waals surface area contributed by atoms with E-state index in [4.69, 9.17) is 0 Å². The highest BCUT2D eigenvalue weighted by atomic mass is 16.3. The molecule has 0 bridgehead atoms. The maximum absolute atomic E-state index is 11.1. The summed E-state index contributed by atoms with van der Waals surface area (Å²) in [4.78, 5) is 0. The molecule has 98 valence electrons. The van der Waals surface area contributed by atoms with Crippen molar-refractivity contribution in [1.29, 1.82) is 0 Å². The van der Waals surface area contributed by atoms with Gasteiger partial charge in [-0.25, -0.2) is 0 Å². The van der Waals surface area contributed by atoms with Crippen molar-refractivity contribution in [3.05, 3.63) is 35.4 Å². The van der Waals surface area contributed by atoms with Gasteiger partial charge >= 0.3 is 0 Å². The van der Waals surface area contributed by atoms with E-state index in [2.05, 4.69) is 36.5 Å². The van der Waals surface area contributed by atoms with E-state index in [0.29, 0.717) is 5.92 Å². The van der Waals surface area contributed by atoms with Gasteiger partial charge in [-0.05, 0) is 42.9 Å². The zero-order valence-corrected chi connectivity index (χ0v) is 11.2. The molecule has 0 amide bonds. The molecule has 3 unspecified atom stereocenters. The molecule has 2 heteroatoms. The average Bonchev–Trinajstić information content (AvgIpc) is 2.41. The molecule has 3 rings (SSSR count). The van der Waals surface area contributed by atoms with Gasteiger partial charge in [-0.2, -0.15) is 0 Å². The van der Waals surface area contributed by atoms with Crippen molar-refractivity contribution in [1.82, 2.24) is 5.32 Å². The summed E-state index contributed by atoms with van der Waals surface area (Å²) in [5, 5.41) is 14.7. The average molecular weight is 245 g/mol. The van der Waals surface area contributed by atoms with Crippen LogP contribution in [0.5, 0.6) is 0 Å². The molecular weight excluding hydrogens is 222 g/mol. The summed E-state index contributed by atoms with van der Waals surface area (Å²) in [6.07, 6.45) is 5.58. The lowest BCUT2D eigenvalue weighted by Gasteiger charge is -2.46. The molecule has 0 spiro atoms. The topological polar surface area (TPSA) is 32.3 Å². The van der Waals surface area contributed by atoms with Crippen molar-refractivity contribution in [2.75, 3.05) is 6.54 Å². The van der Waals surface area contributed by atoms with Gasteiger partial charge in [-0.1, -0.05) is 44.0 Å². The van der Waals surface area contributed by atoms with Crippen molar-refractivity contribution < 1.29 is 5.11 Å². The quantitative estimate of drug-likeness (QED) is 0.797. The van der Waals surface area contributed by atoms with Gasteiger partial charge in [0.15, 0.2) is 0 Å². The van der Waals surface area contributed by atoms with Crippen molar-refractivity contribution in [3.8, 4) is 0 Å². The Hall–Kier alpha value is -0.860. The fourth-order valence-corrected chi connectivity index (χ4v) is 3.73. The molecule has 1 aromatic carbocycles. The van der Waals surface area contributed by atoms with E-state index in [9.17, 15) is 5.11 Å². The van der Waals surface area contributed by atoms with Gasteiger partial charge in [-0.15, -0.1) is 0 Å². The number of hydrogen-bond acceptors (Lipinski definition) is 2. The van der Waals surface area contributed by atoms with Crippen LogP contribution in [0.25, 0.3) is 0 Å². The fourth-order valence-electron chi connectivity index (χ4n) is 3.73. The molecule has 1 heterocycles. The molecule has 1 fully saturated rings. The first-order valence-electron chi connectivity index (χ1n) is 7.25. The van der Waals surface area contributed by atoms with Crippen LogP contribution in [0.15, 0.2) is 24.3 Å². The maximum atomic E-state index is 11.1. The molecule has 0 aromatic heterocycles. The van der Waals surface area contributed by atoms with E-state index in [1.54, 1.807) is 0 Å². The molecule has 1 aliphatic carbocycles. The summed E-state index contributed by atoms with van der Waals surface area (Å²) in [7, 11) is 0. The lowest BCUT2D eigenvalue weighted by molar-refractivity contribution is -0.0740. The largest absolute Gasteiger partial charge is 0.388 e. The van der Waals surface area contributed by atoms with Crippen LogP contribution in [-0.4, -0.2) is 17.3 Å². The SMILES string of the molecule is CC1CCCCC1(O)C1NCCc2ccccc21. The predicted molar refractivity (Wildman–Crippen MR) is 73.5 cm³/mol. The van der Waals surface area contributed by atoms with Crippen LogP contribution in [0, 0.1) is 5.92 Å². The van der Waals surface area contributed by atoms with Gasteiger partial charge in [-0.3, -0.25) is 0 Å². The standard InChI is InChI=1S/C16H23NO/c1-12-6-4-5-10-16(12,18)15-14-8-3-2-7-13(14)9-11-17-15/h2-3,7-8,12,15,17-18H,4-6,9-11H2,1H3. The maximum Gasteiger partial charge on any atom is 0.0867 e. The number of rotatable bonds is 1. The number of aliphatic hydroxyl groups is 1. The van der Waals surface area contributed by atoms with Gasteiger partial charge < -0.3 is 10.4 Å². The lowest BCUT2D eigenvalue weighted by Crippen LogP contribution is -2.52. The van der Waals surface area contributed by atoms with Crippen LogP contribution in [0.1, 0.15) is 49.8 Å². The second kappa shape index (κ2) is 4.67. The van der Waals surface area contributed by atoms with Crippen LogP contribution >= 0.6 is 0 Å². The van der Waals surface area contributed by atoms with Crippen molar-refractivity contribution in [2.45, 2.75) is 50.7 Å². The minimum Gasteiger partial charge on any atom is -0.388 e. The first-order valence-corrected chi connectivity index (χ1v) is 7.25. The Kier molecular flexibility index (Phi) is 3.16. The first kappa shape index (κ1) is 12.2. The number of benzene rings is 1. The van der Waals surface area contributed by atoms with Crippen molar-refractivity contribution >= 4 is 0 Å². The van der Waals surface area contributed by atoms with Crippen molar-refractivity contribution in [3.63, 3.8) is 0 Å². The van der Waals surface area contributed by atoms with Gasteiger partial charge in [0.05, 0.1) is 11.6 Å². The Morgan fingerprint density at radius 1 is 1.28 bits per heavy atom. The zero-order chi connectivity index (χ0) is 12.6. The van der Waals surface area contributed by atoms with Crippen LogP contribution in [-0.2, 0) is 6.42 Å². The molecule has 2 N–H and O–H groups in total. The Morgan fingerprint density at radius 2 is 2.11 bits per heavy atom. The molecule has 18 heavy (non-hydrogen) atoms. The summed E-state index contributed by atoms with van der Waals surface area (Å²) in [5.74, 6) is 0.384. The number of fused-ring (bicyclic) bond motifs is 1. The summed E-state index contributed by atoms with van der Waals surface area (Å²) >= 11 is 0. The number of nitrogens with one attached hydrogen (secondary N) is 1. The molecule has 1 aromatic rings. The van der Waals surface area contributed by atoms with E-state index in [0.717, 1.165) is 32.2 Å². The third-order valence-electron chi connectivity index (χ3n) is 4.93. The van der Waals surface area contributed by atoms with E-state index in [-0.39, 0.29) is 6.04 Å². The molecule has 1 saturated carbocycles. The Labute approximate surface area is 109 Å². The normalized spacial score (nSPS) is 36.1. The van der Waals surface area contributed by atoms with Crippen LogP contribution in [0.4, 0.5) is 0 Å². The first-order chi connectivity index (χ1) is 8.72. The summed E-state index contributed by atoms with van der Waals surface area (Å²) < 4.78 is 0. The smallest absolute Gasteiger partial charge is 0.0867 e. The van der Waals surface area contributed by atoms with Crippen molar-refractivity contribution in [2.24, 2.45) is 5.92 Å². The zero-order valence-electron chi connectivity index (χ0n) is 11.2. The van der Waals surface area contributed by atoms with Gasteiger partial charge in [0, 0.05) is 0 Å². The molecule has 0 saturated heterocycles. The van der Waals surface area contributed by atoms with Crippen LogP contribution in [0.3, 0.4) is 0 Å². The lowest BCUT2D eigenvalue weighted by atomic mass is 9.69. The molecule has 2 nitrogen and oxygen atoms in total. The summed E-state index contributed by atoms with van der Waals surface area (Å²) in [6, 6.07) is 8.72. The highest BCUT2D eigenvalue weighted by Gasteiger charge is 2.44. The second-order valence-corrected chi connectivity index (χ2v) is 5.97. The van der Waals surface area contributed by atoms with Crippen LogP contribution < -0.4 is 5.32 Å². The third-order valence-corrected chi connectivity index (χ3v) is 4.93. The molecule has 0 radical (unpaired) electrons. The monoisotopic (exact) mass is 245 g/mol. The second-order valence-electron chi connectivity index (χ2n) is 5.97. The minimum atomic E-state index is -0.561. The fraction of sp³-hybridized carbons (Fsp3) is 0.625. The number of hydrogen-bond donors (Lipinski definition) is 2. The van der Waals surface area contributed by atoms with Gasteiger partial charge in [0.25, 0.3) is 0 Å². The van der Waals surface area contributed by atoms with Crippen LogP contribution in [0.2, 0.25) is 0 Å². The Bertz CT molecular complexity index is 431.